The van der Waals surface area contributed by atoms with Crippen molar-refractivity contribution in [1.29, 1.82) is 0 Å². The van der Waals surface area contributed by atoms with Gasteiger partial charge in [0.05, 0.1) is 20.8 Å². The van der Waals surface area contributed by atoms with Crippen LogP contribution in [0.4, 0.5) is 0 Å². The average Bonchev–Trinajstić information content (AvgIpc) is 3.67. The fraction of sp³-hybridized carbons (Fsp3) is 0.233. The topological polar surface area (TPSA) is 110 Å². The number of aromatic carboxylic acids is 1. The maximum atomic E-state index is 11.9. The van der Waals surface area contributed by atoms with E-state index in [1.165, 1.54) is 27.1 Å². The second-order valence-corrected chi connectivity index (χ2v) is 10.9. The molecule has 0 amide bonds. The third-order valence-corrected chi connectivity index (χ3v) is 8.28. The Morgan fingerprint density at radius 3 is 2.59 bits per heavy atom. The molecule has 6 rings (SSSR count). The highest BCUT2D eigenvalue weighted by atomic mass is 32.1. The van der Waals surface area contributed by atoms with E-state index in [4.69, 9.17) is 4.98 Å². The molecule has 0 aliphatic rings. The van der Waals surface area contributed by atoms with Crippen molar-refractivity contribution in [2.75, 3.05) is 0 Å². The highest BCUT2D eigenvalue weighted by Gasteiger charge is 2.20. The monoisotopic (exact) mass is 536 g/mol. The first kappa shape index (κ1) is 24.9. The van der Waals surface area contributed by atoms with Crippen LogP contribution in [0.2, 0.25) is 0 Å². The molecule has 0 unspecified atom stereocenters. The number of hydrogen-bond acceptors (Lipinski definition) is 6. The van der Waals surface area contributed by atoms with Crippen LogP contribution in [0.1, 0.15) is 43.6 Å². The van der Waals surface area contributed by atoms with Gasteiger partial charge in [0.1, 0.15) is 0 Å². The van der Waals surface area contributed by atoms with Gasteiger partial charge in [-0.3, -0.25) is 0 Å². The number of nitrogens with one attached hydrogen (secondary N) is 1. The summed E-state index contributed by atoms with van der Waals surface area (Å²) >= 11 is 1.73. The molecule has 39 heavy (non-hydrogen) atoms. The number of aromatic amines is 1. The summed E-state index contributed by atoms with van der Waals surface area (Å²) in [6, 6.07) is 22.3. The molecule has 3 aromatic carbocycles. The molecule has 0 aliphatic carbocycles. The van der Waals surface area contributed by atoms with Crippen molar-refractivity contribution in [3.8, 4) is 0 Å². The maximum Gasteiger partial charge on any atom is 0.335 e. The Kier molecular flexibility index (Phi) is 6.89. The standard InChI is InChI=1S/C30H28N6O2S/c1-19-6-8-20(9-7-19)10-12-22-23-18-21(30(37)38)11-13-26(23)36(17-16-28-32-34-35-33-28)25(22)14-15-29-31-24-4-2-3-5-27(24)39-29/h2-9,11,13,18H,10,12,14-17H2,1H3,(H,37,38)(H,32,33,34,35). The van der Waals surface area contributed by atoms with Gasteiger partial charge in [-0.15, -0.1) is 21.5 Å². The maximum absolute atomic E-state index is 11.9. The van der Waals surface area contributed by atoms with Crippen molar-refractivity contribution in [3.63, 3.8) is 0 Å². The molecule has 0 saturated heterocycles. The molecule has 0 atom stereocenters. The molecule has 0 saturated carbocycles. The van der Waals surface area contributed by atoms with E-state index in [-0.39, 0.29) is 0 Å². The Morgan fingerprint density at radius 2 is 1.82 bits per heavy atom. The summed E-state index contributed by atoms with van der Waals surface area (Å²) in [7, 11) is 0. The van der Waals surface area contributed by atoms with Gasteiger partial charge in [0.2, 0.25) is 0 Å². The highest BCUT2D eigenvalue weighted by molar-refractivity contribution is 7.18. The molecule has 0 fully saturated rings. The zero-order chi connectivity index (χ0) is 26.8. The summed E-state index contributed by atoms with van der Waals surface area (Å²) in [5.74, 6) is -0.269. The number of nitrogens with zero attached hydrogens (tertiary/aromatic N) is 5. The number of tetrazole rings is 1. The smallest absolute Gasteiger partial charge is 0.335 e. The van der Waals surface area contributed by atoms with Crippen LogP contribution in [-0.4, -0.2) is 41.3 Å². The lowest BCUT2D eigenvalue weighted by Crippen LogP contribution is -2.09. The van der Waals surface area contributed by atoms with Gasteiger partial charge in [-0.25, -0.2) is 9.78 Å². The average molecular weight is 537 g/mol. The normalized spacial score (nSPS) is 11.5. The number of carboxylic acid groups (broad SMARTS) is 1. The van der Waals surface area contributed by atoms with Crippen LogP contribution in [0.5, 0.6) is 0 Å². The Bertz CT molecular complexity index is 1720. The number of aromatic nitrogens is 6. The number of benzene rings is 3. The quantitative estimate of drug-likeness (QED) is 0.236. The molecule has 2 N–H and O–H groups in total. The van der Waals surface area contributed by atoms with E-state index in [0.717, 1.165) is 47.1 Å². The first-order valence-corrected chi connectivity index (χ1v) is 13.9. The predicted molar refractivity (Wildman–Crippen MR) is 152 cm³/mol. The number of carboxylic acids is 1. The molecule has 3 aromatic heterocycles. The van der Waals surface area contributed by atoms with Gasteiger partial charge in [0.15, 0.2) is 5.82 Å². The van der Waals surface area contributed by atoms with E-state index >= 15 is 0 Å². The van der Waals surface area contributed by atoms with Crippen molar-refractivity contribution < 1.29 is 9.90 Å². The Hall–Kier alpha value is -4.37. The number of hydrogen-bond donors (Lipinski definition) is 2. The molecular formula is C30H28N6O2S. The van der Waals surface area contributed by atoms with Crippen molar-refractivity contribution >= 4 is 38.4 Å². The SMILES string of the molecule is Cc1ccc(CCc2c(CCc3nc4ccccc4s3)n(CCc3nn[nH]n3)c3ccc(C(=O)O)cc23)cc1. The molecule has 8 nitrogen and oxygen atoms in total. The zero-order valence-electron chi connectivity index (χ0n) is 21.6. The third kappa shape index (κ3) is 5.31. The van der Waals surface area contributed by atoms with Crippen LogP contribution >= 0.6 is 11.3 Å². The number of para-hydroxylation sites is 1. The van der Waals surface area contributed by atoms with Crippen molar-refractivity contribution in [3.05, 3.63) is 106 Å². The van der Waals surface area contributed by atoms with Gasteiger partial charge < -0.3 is 9.67 Å². The summed E-state index contributed by atoms with van der Waals surface area (Å²) in [6.07, 6.45) is 3.91. The van der Waals surface area contributed by atoms with Gasteiger partial charge >= 0.3 is 5.97 Å². The van der Waals surface area contributed by atoms with Crippen LogP contribution in [-0.2, 0) is 38.6 Å². The molecule has 0 aliphatic heterocycles. The minimum Gasteiger partial charge on any atom is -0.478 e. The molecule has 9 heteroatoms. The van der Waals surface area contributed by atoms with Crippen LogP contribution in [0.15, 0.2) is 66.7 Å². The summed E-state index contributed by atoms with van der Waals surface area (Å²) in [6.45, 7) is 2.76. The highest BCUT2D eigenvalue weighted by Crippen LogP contribution is 2.31. The largest absolute Gasteiger partial charge is 0.478 e. The Morgan fingerprint density at radius 1 is 0.974 bits per heavy atom. The molecule has 0 spiro atoms. The molecule has 196 valence electrons. The van der Waals surface area contributed by atoms with Gasteiger partial charge in [0.25, 0.3) is 0 Å². The minimum absolute atomic E-state index is 0.298. The van der Waals surface area contributed by atoms with Crippen molar-refractivity contribution in [2.45, 2.75) is 45.6 Å². The third-order valence-electron chi connectivity index (χ3n) is 7.18. The van der Waals surface area contributed by atoms with Gasteiger partial charge in [-0.2, -0.15) is 5.21 Å². The van der Waals surface area contributed by atoms with E-state index in [2.05, 4.69) is 68.5 Å². The van der Waals surface area contributed by atoms with Gasteiger partial charge in [0, 0.05) is 36.0 Å². The van der Waals surface area contributed by atoms with Crippen molar-refractivity contribution in [1.82, 2.24) is 30.2 Å². The molecule has 3 heterocycles. The van der Waals surface area contributed by atoms with E-state index in [9.17, 15) is 9.90 Å². The van der Waals surface area contributed by atoms with E-state index in [1.807, 2.05) is 24.3 Å². The number of fused-ring (bicyclic) bond motifs is 2. The minimum atomic E-state index is -0.919. The summed E-state index contributed by atoms with van der Waals surface area (Å²) in [5.41, 5.74) is 7.26. The number of thiazole rings is 1. The van der Waals surface area contributed by atoms with Crippen molar-refractivity contribution in [2.24, 2.45) is 0 Å². The fourth-order valence-corrected chi connectivity index (χ4v) is 6.17. The molecule has 0 bridgehead atoms. The predicted octanol–water partition coefficient (Wildman–Crippen LogP) is 5.58. The number of rotatable bonds is 10. The molecular weight excluding hydrogens is 508 g/mol. The van der Waals surface area contributed by atoms with Crippen LogP contribution in [0.3, 0.4) is 0 Å². The summed E-state index contributed by atoms with van der Waals surface area (Å²) in [5, 5.41) is 26.4. The lowest BCUT2D eigenvalue weighted by molar-refractivity contribution is 0.0697. The lowest BCUT2D eigenvalue weighted by Gasteiger charge is -2.12. The molecule has 6 aromatic rings. The first-order valence-electron chi connectivity index (χ1n) is 13.0. The zero-order valence-corrected chi connectivity index (χ0v) is 22.4. The van der Waals surface area contributed by atoms with E-state index in [0.29, 0.717) is 24.4 Å². The fourth-order valence-electron chi connectivity index (χ4n) is 5.21. The number of aryl methyl sites for hydroxylation is 6. The van der Waals surface area contributed by atoms with E-state index in [1.54, 1.807) is 17.4 Å². The van der Waals surface area contributed by atoms with Gasteiger partial charge in [-0.1, -0.05) is 47.2 Å². The number of carbonyl (C=O) groups is 1. The van der Waals surface area contributed by atoms with Gasteiger partial charge in [-0.05, 0) is 67.6 Å². The summed E-state index contributed by atoms with van der Waals surface area (Å²) in [4.78, 5) is 16.8. The Balaban J connectivity index is 1.41. The second-order valence-electron chi connectivity index (χ2n) is 9.75. The van der Waals surface area contributed by atoms with Crippen LogP contribution in [0, 0.1) is 6.92 Å². The Labute approximate surface area is 229 Å². The summed E-state index contributed by atoms with van der Waals surface area (Å²) < 4.78 is 3.51. The van der Waals surface area contributed by atoms with Crippen LogP contribution in [0.25, 0.3) is 21.1 Å². The first-order chi connectivity index (χ1) is 19.0. The second kappa shape index (κ2) is 10.8. The molecule has 0 radical (unpaired) electrons. The number of H-pyrrole nitrogens is 1. The lowest BCUT2D eigenvalue weighted by atomic mass is 9.98. The van der Waals surface area contributed by atoms with Crippen LogP contribution < -0.4 is 0 Å². The van der Waals surface area contributed by atoms with E-state index < -0.39 is 5.97 Å².